The zero-order valence-electron chi connectivity index (χ0n) is 8.46. The lowest BCUT2D eigenvalue weighted by atomic mass is 9.96. The zero-order chi connectivity index (χ0) is 10.3. The van der Waals surface area contributed by atoms with Crippen molar-refractivity contribution in [3.63, 3.8) is 0 Å². The van der Waals surface area contributed by atoms with Crippen molar-refractivity contribution in [3.05, 3.63) is 0 Å². The van der Waals surface area contributed by atoms with Crippen LogP contribution < -0.4 is 17.2 Å². The molecule has 0 saturated heterocycles. The molecule has 0 aromatic rings. The van der Waals surface area contributed by atoms with Gasteiger partial charge in [0.15, 0.2) is 0 Å². The Bertz CT molecular complexity index is 150. The fourth-order valence-corrected chi connectivity index (χ4v) is 1.23. The van der Waals surface area contributed by atoms with Gasteiger partial charge in [0.05, 0.1) is 6.04 Å². The van der Waals surface area contributed by atoms with E-state index in [0.717, 1.165) is 19.3 Å². The number of quaternary nitrogens is 1. The molecule has 0 heterocycles. The predicted octanol–water partition coefficient (Wildman–Crippen LogP) is -0.763. The van der Waals surface area contributed by atoms with E-state index < -0.39 is 0 Å². The maximum atomic E-state index is 10.4. The van der Waals surface area contributed by atoms with Crippen LogP contribution in [0.3, 0.4) is 0 Å². The normalized spacial score (nSPS) is 15.3. The fourth-order valence-electron chi connectivity index (χ4n) is 1.23. The van der Waals surface area contributed by atoms with Crippen LogP contribution >= 0.6 is 0 Å². The average molecular weight is 188 g/mol. The summed E-state index contributed by atoms with van der Waals surface area (Å²) < 4.78 is 0. The molecule has 1 amide bonds. The van der Waals surface area contributed by atoms with Gasteiger partial charge >= 0.3 is 0 Å². The van der Waals surface area contributed by atoms with Crippen molar-refractivity contribution in [2.45, 2.75) is 38.6 Å². The summed E-state index contributed by atoms with van der Waals surface area (Å²) in [6.45, 7) is 2.78. The Morgan fingerprint density at radius 2 is 2.08 bits per heavy atom. The second kappa shape index (κ2) is 6.86. The van der Waals surface area contributed by atoms with Crippen LogP contribution in [0.5, 0.6) is 0 Å². The summed E-state index contributed by atoms with van der Waals surface area (Å²) >= 11 is 0. The van der Waals surface area contributed by atoms with E-state index in [4.69, 9.17) is 11.5 Å². The third-order valence-electron chi connectivity index (χ3n) is 2.44. The quantitative estimate of drug-likeness (QED) is 0.458. The Labute approximate surface area is 79.8 Å². The molecular weight excluding hydrogens is 166 g/mol. The van der Waals surface area contributed by atoms with Crippen LogP contribution in [0.25, 0.3) is 0 Å². The molecule has 0 aliphatic carbocycles. The Hall–Kier alpha value is -0.610. The lowest BCUT2D eigenvalue weighted by molar-refractivity contribution is -0.428. The van der Waals surface area contributed by atoms with Crippen molar-refractivity contribution in [3.8, 4) is 0 Å². The first kappa shape index (κ1) is 12.4. The molecule has 2 unspecified atom stereocenters. The first-order valence-corrected chi connectivity index (χ1v) is 4.89. The smallest absolute Gasteiger partial charge is 0.217 e. The summed E-state index contributed by atoms with van der Waals surface area (Å²) in [5, 5.41) is 0. The van der Waals surface area contributed by atoms with Gasteiger partial charge in [-0.2, -0.15) is 0 Å². The number of amides is 1. The second-order valence-corrected chi connectivity index (χ2v) is 3.69. The maximum Gasteiger partial charge on any atom is 0.217 e. The Balaban J connectivity index is 3.36. The molecule has 4 heteroatoms. The minimum Gasteiger partial charge on any atom is -0.370 e. The second-order valence-electron chi connectivity index (χ2n) is 3.69. The summed E-state index contributed by atoms with van der Waals surface area (Å²) in [5.41, 5.74) is 14.5. The molecule has 78 valence electrons. The molecule has 0 aliphatic heterocycles. The summed E-state index contributed by atoms with van der Waals surface area (Å²) in [6, 6.07) is 0.327. The third kappa shape index (κ3) is 6.54. The Morgan fingerprint density at radius 1 is 1.46 bits per heavy atom. The minimum absolute atomic E-state index is 0.211. The van der Waals surface area contributed by atoms with E-state index in [1.165, 1.54) is 0 Å². The van der Waals surface area contributed by atoms with Crippen LogP contribution in [-0.2, 0) is 4.79 Å². The summed E-state index contributed by atoms with van der Waals surface area (Å²) in [4.78, 5) is 10.4. The molecule has 0 aromatic heterocycles. The molecule has 0 bridgehead atoms. The van der Waals surface area contributed by atoms with Gasteiger partial charge in [-0.1, -0.05) is 13.3 Å². The minimum atomic E-state index is -0.211. The van der Waals surface area contributed by atoms with Gasteiger partial charge in [0.2, 0.25) is 5.91 Å². The number of hydrogen-bond acceptors (Lipinski definition) is 2. The number of primary amides is 1. The van der Waals surface area contributed by atoms with Crippen molar-refractivity contribution in [1.29, 1.82) is 0 Å². The molecular formula is C9H22N3O+. The summed E-state index contributed by atoms with van der Waals surface area (Å²) in [6.07, 6.45) is 3.50. The predicted molar refractivity (Wildman–Crippen MR) is 52.6 cm³/mol. The number of hydrogen-bond donors (Lipinski definition) is 3. The van der Waals surface area contributed by atoms with E-state index in [1.54, 1.807) is 0 Å². The topological polar surface area (TPSA) is 96.8 Å². The monoisotopic (exact) mass is 188 g/mol. The lowest BCUT2D eigenvalue weighted by Crippen LogP contribution is -2.67. The van der Waals surface area contributed by atoms with Crippen LogP contribution in [0.15, 0.2) is 0 Å². The average Bonchev–Trinajstić information content (AvgIpc) is 2.10. The summed E-state index contributed by atoms with van der Waals surface area (Å²) in [5.74, 6) is 0.329. The number of rotatable bonds is 7. The first-order valence-electron chi connectivity index (χ1n) is 4.89. The van der Waals surface area contributed by atoms with E-state index in [9.17, 15) is 4.79 Å². The van der Waals surface area contributed by atoms with E-state index in [2.05, 4.69) is 12.7 Å². The summed E-state index contributed by atoms with van der Waals surface area (Å²) in [7, 11) is 0. The van der Waals surface area contributed by atoms with E-state index in [1.807, 2.05) is 0 Å². The highest BCUT2D eigenvalue weighted by molar-refractivity contribution is 5.73. The van der Waals surface area contributed by atoms with Gasteiger partial charge in [-0.15, -0.1) is 0 Å². The van der Waals surface area contributed by atoms with E-state index in [-0.39, 0.29) is 5.91 Å². The molecule has 0 rings (SSSR count). The van der Waals surface area contributed by atoms with Crippen molar-refractivity contribution in [1.82, 2.24) is 0 Å². The molecule has 0 aromatic carbocycles. The maximum absolute atomic E-state index is 10.4. The van der Waals surface area contributed by atoms with Gasteiger partial charge in [0.25, 0.3) is 0 Å². The van der Waals surface area contributed by atoms with Crippen LogP contribution in [0, 0.1) is 5.92 Å². The third-order valence-corrected chi connectivity index (χ3v) is 2.44. The van der Waals surface area contributed by atoms with Gasteiger partial charge in [0, 0.05) is 18.9 Å². The van der Waals surface area contributed by atoms with Crippen molar-refractivity contribution >= 4 is 5.91 Å². The first-order chi connectivity index (χ1) is 6.07. The van der Waals surface area contributed by atoms with Crippen molar-refractivity contribution < 1.29 is 10.5 Å². The lowest BCUT2D eigenvalue weighted by Gasteiger charge is -2.14. The molecule has 4 nitrogen and oxygen atoms in total. The Kier molecular flexibility index (Phi) is 6.54. The molecule has 0 saturated carbocycles. The highest BCUT2D eigenvalue weighted by Gasteiger charge is 2.13. The zero-order valence-corrected chi connectivity index (χ0v) is 8.46. The highest BCUT2D eigenvalue weighted by atomic mass is 16.1. The van der Waals surface area contributed by atoms with Gasteiger partial charge in [-0.05, 0) is 12.8 Å². The molecule has 13 heavy (non-hydrogen) atoms. The fraction of sp³-hybridized carbons (Fsp3) is 0.889. The van der Waals surface area contributed by atoms with Crippen LogP contribution in [0.4, 0.5) is 0 Å². The highest BCUT2D eigenvalue weighted by Crippen LogP contribution is 2.10. The van der Waals surface area contributed by atoms with Gasteiger partial charge < -0.3 is 17.2 Å². The van der Waals surface area contributed by atoms with Crippen LogP contribution in [0.2, 0.25) is 0 Å². The molecule has 0 fully saturated rings. The number of carbonyl (C=O) groups excluding carboxylic acids is 1. The largest absolute Gasteiger partial charge is 0.370 e. The van der Waals surface area contributed by atoms with Gasteiger partial charge in [-0.25, -0.2) is 0 Å². The molecule has 0 aliphatic rings. The molecule has 0 radical (unpaired) electrons. The number of unbranched alkanes of at least 4 members (excludes halogenated alkanes) is 1. The van der Waals surface area contributed by atoms with Crippen LogP contribution in [-0.4, -0.2) is 18.5 Å². The molecule has 0 spiro atoms. The molecule has 7 N–H and O–H groups in total. The van der Waals surface area contributed by atoms with Crippen LogP contribution in [0.1, 0.15) is 32.6 Å². The standard InChI is InChI=1S/C9H21N3O/c1-7(8(11)6-10)4-2-3-5-9(12)13/h7-8H,2-6,10-11H2,1H3,(H2,12,13)/p+1. The Morgan fingerprint density at radius 3 is 2.54 bits per heavy atom. The molecule has 2 atom stereocenters. The van der Waals surface area contributed by atoms with E-state index in [0.29, 0.717) is 24.9 Å². The number of nitrogens with two attached hydrogens (primary N) is 2. The number of carbonyl (C=O) groups is 1. The van der Waals surface area contributed by atoms with Crippen molar-refractivity contribution in [2.75, 3.05) is 6.54 Å². The van der Waals surface area contributed by atoms with E-state index >= 15 is 0 Å². The SMILES string of the molecule is CC(CCCCC(N)=O)C([NH3+])CN. The van der Waals surface area contributed by atoms with Crippen molar-refractivity contribution in [2.24, 2.45) is 17.4 Å². The van der Waals surface area contributed by atoms with Gasteiger partial charge in [0.1, 0.15) is 0 Å². The van der Waals surface area contributed by atoms with Gasteiger partial charge in [-0.3, -0.25) is 4.79 Å².